The number of carbonyl (C=O) groups excluding carboxylic acids is 2. The molecule has 1 rings (SSSR count). The van der Waals surface area contributed by atoms with E-state index in [9.17, 15) is 34.8 Å². The second kappa shape index (κ2) is 8.32. The monoisotopic (exact) mass is 352 g/mol. The summed E-state index contributed by atoms with van der Waals surface area (Å²) in [5, 5.41) is 61.5. The summed E-state index contributed by atoms with van der Waals surface area (Å²) >= 11 is 0. The fraction of sp³-hybridized carbons (Fsp3) is 0.750. The van der Waals surface area contributed by atoms with Gasteiger partial charge < -0.3 is 46.0 Å². The summed E-state index contributed by atoms with van der Waals surface area (Å²) in [4.78, 5) is 32.9. The lowest BCUT2D eigenvalue weighted by molar-refractivity contribution is -0.295. The first-order valence-electron chi connectivity index (χ1n) is 6.91. The number of amides is 2. The minimum atomic E-state index is -2.86. The van der Waals surface area contributed by atoms with E-state index in [1.165, 1.54) is 0 Å². The highest BCUT2D eigenvalue weighted by molar-refractivity contribution is 5.80. The molecule has 0 aromatic rings. The van der Waals surface area contributed by atoms with E-state index in [-0.39, 0.29) is 6.41 Å². The van der Waals surface area contributed by atoms with E-state index >= 15 is 0 Å². The van der Waals surface area contributed by atoms with E-state index in [4.69, 9.17) is 14.9 Å². The van der Waals surface area contributed by atoms with E-state index in [0.717, 1.165) is 0 Å². The van der Waals surface area contributed by atoms with Crippen molar-refractivity contribution in [2.45, 2.75) is 42.7 Å². The van der Waals surface area contributed by atoms with Crippen molar-refractivity contribution in [3.8, 4) is 0 Å². The lowest BCUT2D eigenvalue weighted by atomic mass is 9.88. The summed E-state index contributed by atoms with van der Waals surface area (Å²) in [7, 11) is 0. The molecule has 1 fully saturated rings. The first-order chi connectivity index (χ1) is 11.2. The Morgan fingerprint density at radius 1 is 1.38 bits per heavy atom. The van der Waals surface area contributed by atoms with Crippen LogP contribution in [-0.2, 0) is 19.1 Å². The van der Waals surface area contributed by atoms with Crippen molar-refractivity contribution in [3.63, 3.8) is 0 Å². The Bertz CT molecular complexity index is 475. The minimum Gasteiger partial charge on any atom is -0.477 e. The molecule has 24 heavy (non-hydrogen) atoms. The van der Waals surface area contributed by atoms with Crippen molar-refractivity contribution in [3.05, 3.63) is 0 Å². The molecule has 2 amide bonds. The standard InChI is InChI=1S/C12H20N2O10/c15-3-6(18)9(20)10-8(14-7(19)2-13-4-16)5(17)1-12(23,24-10)11(21)22/h4-6,8-10,15,17-18,20,23H,1-3H2,(H,13,16)(H,14,19)(H,21,22)/t5-,6-,8-,9-,10?,12?/m1/s1. The molecule has 138 valence electrons. The first kappa shape index (κ1) is 20.2. The summed E-state index contributed by atoms with van der Waals surface area (Å²) in [6.07, 6.45) is -7.71. The highest BCUT2D eigenvalue weighted by atomic mass is 16.7. The van der Waals surface area contributed by atoms with E-state index in [2.05, 4.69) is 10.6 Å². The average molecular weight is 352 g/mol. The Balaban J connectivity index is 3.02. The Hall–Kier alpha value is -1.83. The second-order valence-corrected chi connectivity index (χ2v) is 5.28. The normalized spacial score (nSPS) is 32.5. The zero-order chi connectivity index (χ0) is 18.5. The van der Waals surface area contributed by atoms with Crippen molar-refractivity contribution in [1.29, 1.82) is 0 Å². The van der Waals surface area contributed by atoms with E-state index in [0.29, 0.717) is 0 Å². The van der Waals surface area contributed by atoms with E-state index in [1.807, 2.05) is 0 Å². The van der Waals surface area contributed by atoms with Gasteiger partial charge in [0.1, 0.15) is 18.3 Å². The van der Waals surface area contributed by atoms with Crippen molar-refractivity contribution < 1.29 is 49.8 Å². The van der Waals surface area contributed by atoms with Gasteiger partial charge in [0.25, 0.3) is 5.79 Å². The van der Waals surface area contributed by atoms with Crippen LogP contribution in [0, 0.1) is 0 Å². The van der Waals surface area contributed by atoms with Gasteiger partial charge in [-0.25, -0.2) is 4.79 Å². The number of aliphatic hydroxyl groups excluding tert-OH is 4. The summed E-state index contributed by atoms with van der Waals surface area (Å²) in [5.41, 5.74) is 0. The molecular formula is C12H20N2O10. The van der Waals surface area contributed by atoms with Gasteiger partial charge in [-0.2, -0.15) is 0 Å². The van der Waals surface area contributed by atoms with Crippen LogP contribution in [0.5, 0.6) is 0 Å². The Morgan fingerprint density at radius 3 is 2.50 bits per heavy atom. The molecular weight excluding hydrogens is 332 g/mol. The second-order valence-electron chi connectivity index (χ2n) is 5.28. The Kier molecular flexibility index (Phi) is 7.01. The molecule has 0 radical (unpaired) electrons. The van der Waals surface area contributed by atoms with Gasteiger partial charge in [0.15, 0.2) is 0 Å². The molecule has 12 nitrogen and oxygen atoms in total. The maximum atomic E-state index is 11.6. The fourth-order valence-corrected chi connectivity index (χ4v) is 2.27. The summed E-state index contributed by atoms with van der Waals surface area (Å²) in [6.45, 7) is -1.39. The summed E-state index contributed by atoms with van der Waals surface area (Å²) < 4.78 is 4.88. The first-order valence-corrected chi connectivity index (χ1v) is 6.91. The molecule has 1 aliphatic rings. The maximum Gasteiger partial charge on any atom is 0.364 e. The van der Waals surface area contributed by atoms with Crippen molar-refractivity contribution in [1.82, 2.24) is 10.6 Å². The number of carbonyl (C=O) groups is 3. The van der Waals surface area contributed by atoms with Gasteiger partial charge in [0.2, 0.25) is 12.3 Å². The van der Waals surface area contributed by atoms with Crippen LogP contribution in [0.3, 0.4) is 0 Å². The van der Waals surface area contributed by atoms with Crippen LogP contribution >= 0.6 is 0 Å². The minimum absolute atomic E-state index is 0.248. The zero-order valence-electron chi connectivity index (χ0n) is 12.4. The van der Waals surface area contributed by atoms with Crippen molar-refractivity contribution >= 4 is 18.3 Å². The molecule has 0 aromatic carbocycles. The third kappa shape index (κ3) is 4.59. The fourth-order valence-electron chi connectivity index (χ4n) is 2.27. The molecule has 6 atom stereocenters. The van der Waals surface area contributed by atoms with Crippen molar-refractivity contribution in [2.75, 3.05) is 13.2 Å². The van der Waals surface area contributed by atoms with Crippen LogP contribution in [0.2, 0.25) is 0 Å². The van der Waals surface area contributed by atoms with Gasteiger partial charge in [-0.05, 0) is 0 Å². The van der Waals surface area contributed by atoms with Crippen LogP contribution in [0.15, 0.2) is 0 Å². The number of aliphatic carboxylic acids is 1. The molecule has 0 bridgehead atoms. The van der Waals surface area contributed by atoms with Crippen molar-refractivity contribution in [2.24, 2.45) is 0 Å². The van der Waals surface area contributed by atoms with Crippen LogP contribution in [0.25, 0.3) is 0 Å². The van der Waals surface area contributed by atoms with Crippen LogP contribution in [-0.4, -0.2) is 98.3 Å². The smallest absolute Gasteiger partial charge is 0.364 e. The van der Waals surface area contributed by atoms with Crippen LogP contribution in [0.4, 0.5) is 0 Å². The third-order valence-corrected chi connectivity index (χ3v) is 3.51. The molecule has 1 aliphatic heterocycles. The molecule has 1 saturated heterocycles. The lowest BCUT2D eigenvalue weighted by Crippen LogP contribution is -2.67. The van der Waals surface area contributed by atoms with Gasteiger partial charge in [0, 0.05) is 6.42 Å². The molecule has 0 aliphatic carbocycles. The molecule has 0 spiro atoms. The topological polar surface area (TPSA) is 206 Å². The number of rotatable bonds is 8. The highest BCUT2D eigenvalue weighted by Crippen LogP contribution is 2.30. The molecule has 2 unspecified atom stereocenters. The Labute approximate surface area is 135 Å². The van der Waals surface area contributed by atoms with Gasteiger partial charge in [-0.1, -0.05) is 0 Å². The van der Waals surface area contributed by atoms with Gasteiger partial charge in [-0.15, -0.1) is 0 Å². The molecule has 1 heterocycles. The van der Waals surface area contributed by atoms with Crippen LogP contribution < -0.4 is 10.6 Å². The number of nitrogens with one attached hydrogen (secondary N) is 2. The summed E-state index contributed by atoms with van der Waals surface area (Å²) in [5.74, 6) is -5.50. The SMILES string of the molecule is O=CNCC(=O)N[C@H]1C([C@H](O)[C@H](O)CO)OC(O)(C(=O)O)C[C@H]1O. The maximum absolute atomic E-state index is 11.6. The highest BCUT2D eigenvalue weighted by Gasteiger charge is 2.53. The predicted octanol–water partition coefficient (Wildman–Crippen LogP) is -5.15. The quantitative estimate of drug-likeness (QED) is 0.195. The third-order valence-electron chi connectivity index (χ3n) is 3.51. The molecule has 0 saturated carbocycles. The van der Waals surface area contributed by atoms with E-state index < -0.39 is 67.7 Å². The average Bonchev–Trinajstić information content (AvgIpc) is 2.53. The number of hydrogen-bond acceptors (Lipinski definition) is 9. The van der Waals surface area contributed by atoms with Crippen LogP contribution in [0.1, 0.15) is 6.42 Å². The van der Waals surface area contributed by atoms with Gasteiger partial charge in [-0.3, -0.25) is 9.59 Å². The zero-order valence-corrected chi connectivity index (χ0v) is 12.4. The Morgan fingerprint density at radius 2 is 2.00 bits per heavy atom. The predicted molar refractivity (Wildman–Crippen MR) is 73.2 cm³/mol. The van der Waals surface area contributed by atoms with E-state index in [1.54, 1.807) is 0 Å². The molecule has 12 heteroatoms. The number of hydrogen-bond donors (Lipinski definition) is 8. The molecule has 8 N–H and O–H groups in total. The largest absolute Gasteiger partial charge is 0.477 e. The number of carboxylic acids is 1. The number of ether oxygens (including phenoxy) is 1. The number of aliphatic hydroxyl groups is 5. The lowest BCUT2D eigenvalue weighted by Gasteiger charge is -2.44. The molecule has 0 aromatic heterocycles. The number of carboxylic acid groups (broad SMARTS) is 1. The van der Waals surface area contributed by atoms with Gasteiger partial charge in [0.05, 0.1) is 25.3 Å². The van der Waals surface area contributed by atoms with Gasteiger partial charge >= 0.3 is 5.97 Å². The summed E-state index contributed by atoms with van der Waals surface area (Å²) in [6, 6.07) is -1.42.